The number of unbranched alkanes of at least 4 members (excludes halogenated alkanes) is 15. The van der Waals surface area contributed by atoms with E-state index < -0.39 is 10.4 Å². The summed E-state index contributed by atoms with van der Waals surface area (Å²) in [6.07, 6.45) is 20.3. The first kappa shape index (κ1) is 30.0. The maximum atomic E-state index is 10.2. The maximum absolute atomic E-state index is 10.2. The fourth-order valence-electron chi connectivity index (χ4n) is 2.81. The standard InChI is InChI=1S/C18H38O4S.C4H12N/c1-2-3-4-5-6-7-8-9-10-11-12-13-14-15-16-17-18-22-23(19,20)21;1-5(2,3)4/h2-18H2,1H3,(H,19,20,21);1-4H3/q;+1/p-1. The highest BCUT2D eigenvalue weighted by molar-refractivity contribution is 7.80. The summed E-state index contributed by atoms with van der Waals surface area (Å²) in [7, 11) is 4.01. The quantitative estimate of drug-likeness (QED) is 0.116. The van der Waals surface area contributed by atoms with Gasteiger partial charge in [-0.2, -0.15) is 0 Å². The molecule has 6 heteroatoms. The van der Waals surface area contributed by atoms with E-state index in [1.165, 1.54) is 83.5 Å². The molecule has 0 unspecified atom stereocenters. The normalized spacial score (nSPS) is 11.9. The van der Waals surface area contributed by atoms with Gasteiger partial charge in [-0.25, -0.2) is 8.42 Å². The Labute approximate surface area is 176 Å². The molecular formula is C22H49NO4S. The van der Waals surface area contributed by atoms with E-state index >= 15 is 0 Å². The van der Waals surface area contributed by atoms with Crippen LogP contribution in [0.5, 0.6) is 0 Å². The highest BCUT2D eigenvalue weighted by Gasteiger charge is 1.96. The Kier molecular flexibility index (Phi) is 21.6. The highest BCUT2D eigenvalue weighted by Crippen LogP contribution is 2.13. The van der Waals surface area contributed by atoms with Gasteiger partial charge in [0.1, 0.15) is 0 Å². The van der Waals surface area contributed by atoms with Gasteiger partial charge in [-0.1, -0.05) is 103 Å². The van der Waals surface area contributed by atoms with Crippen molar-refractivity contribution in [3.63, 3.8) is 0 Å². The van der Waals surface area contributed by atoms with E-state index in [1.807, 2.05) is 0 Å². The molecule has 0 atom stereocenters. The van der Waals surface area contributed by atoms with Crippen molar-refractivity contribution in [2.24, 2.45) is 0 Å². The van der Waals surface area contributed by atoms with Crippen LogP contribution in [-0.2, 0) is 14.6 Å². The second-order valence-corrected chi connectivity index (χ2v) is 10.3. The molecule has 0 fully saturated rings. The number of quaternary nitrogens is 1. The summed E-state index contributed by atoms with van der Waals surface area (Å²) in [6.45, 7) is 2.29. The van der Waals surface area contributed by atoms with Crippen LogP contribution in [0.3, 0.4) is 0 Å². The molecule has 0 heterocycles. The van der Waals surface area contributed by atoms with Crippen LogP contribution in [0.15, 0.2) is 0 Å². The van der Waals surface area contributed by atoms with Crippen molar-refractivity contribution in [3.05, 3.63) is 0 Å². The Bertz CT molecular complexity index is 399. The van der Waals surface area contributed by atoms with Crippen molar-refractivity contribution >= 4 is 10.4 Å². The van der Waals surface area contributed by atoms with Crippen LogP contribution >= 0.6 is 0 Å². The average Bonchev–Trinajstić information content (AvgIpc) is 2.55. The zero-order valence-corrected chi connectivity index (χ0v) is 20.3. The van der Waals surface area contributed by atoms with E-state index in [0.29, 0.717) is 6.42 Å². The number of nitrogens with zero attached hydrogens (tertiary/aromatic N) is 1. The second-order valence-electron chi connectivity index (χ2n) is 9.22. The zero-order valence-electron chi connectivity index (χ0n) is 19.5. The van der Waals surface area contributed by atoms with Crippen molar-refractivity contribution in [2.75, 3.05) is 34.8 Å². The van der Waals surface area contributed by atoms with Gasteiger partial charge < -0.3 is 9.04 Å². The van der Waals surface area contributed by atoms with E-state index in [1.54, 1.807) is 0 Å². The Morgan fingerprint density at radius 2 is 0.857 bits per heavy atom. The number of hydrogen-bond acceptors (Lipinski definition) is 4. The minimum absolute atomic E-state index is 0.0320. The van der Waals surface area contributed by atoms with Crippen LogP contribution in [0.4, 0.5) is 0 Å². The van der Waals surface area contributed by atoms with Crippen LogP contribution in [0, 0.1) is 0 Å². The summed E-state index contributed by atoms with van der Waals surface area (Å²) in [5.74, 6) is 0. The van der Waals surface area contributed by atoms with E-state index in [2.05, 4.69) is 39.3 Å². The summed E-state index contributed by atoms with van der Waals surface area (Å²) >= 11 is 0. The second kappa shape index (κ2) is 20.1. The van der Waals surface area contributed by atoms with E-state index in [0.717, 1.165) is 17.3 Å². The molecule has 0 aliphatic carbocycles. The smallest absolute Gasteiger partial charge is 0.217 e. The van der Waals surface area contributed by atoms with Gasteiger partial charge in [0.2, 0.25) is 10.4 Å². The minimum atomic E-state index is -4.49. The lowest BCUT2D eigenvalue weighted by molar-refractivity contribution is -0.849. The van der Waals surface area contributed by atoms with Crippen LogP contribution in [0.1, 0.15) is 110 Å². The molecule has 0 aliphatic heterocycles. The molecule has 0 spiro atoms. The van der Waals surface area contributed by atoms with Gasteiger partial charge in [0, 0.05) is 0 Å². The molecule has 0 bridgehead atoms. The summed E-state index contributed by atoms with van der Waals surface area (Å²) in [6, 6.07) is 0. The van der Waals surface area contributed by atoms with Crippen molar-refractivity contribution in [1.82, 2.24) is 0 Å². The Hall–Kier alpha value is -0.170. The van der Waals surface area contributed by atoms with Crippen molar-refractivity contribution < 1.29 is 21.6 Å². The molecule has 172 valence electrons. The lowest BCUT2D eigenvalue weighted by Crippen LogP contribution is -2.27. The first-order valence-electron chi connectivity index (χ1n) is 11.5. The molecule has 0 N–H and O–H groups in total. The summed E-state index contributed by atoms with van der Waals surface area (Å²) < 4.78 is 35.8. The Balaban J connectivity index is 0. The van der Waals surface area contributed by atoms with Crippen LogP contribution < -0.4 is 0 Å². The van der Waals surface area contributed by atoms with Gasteiger partial charge >= 0.3 is 0 Å². The van der Waals surface area contributed by atoms with Gasteiger partial charge in [-0.05, 0) is 6.42 Å². The minimum Gasteiger partial charge on any atom is -0.726 e. The van der Waals surface area contributed by atoms with Gasteiger partial charge in [0.05, 0.1) is 34.8 Å². The van der Waals surface area contributed by atoms with Crippen molar-refractivity contribution in [1.29, 1.82) is 0 Å². The molecule has 0 rings (SSSR count). The van der Waals surface area contributed by atoms with Crippen molar-refractivity contribution in [3.8, 4) is 0 Å². The van der Waals surface area contributed by atoms with Crippen molar-refractivity contribution in [2.45, 2.75) is 110 Å². The molecule has 0 aromatic heterocycles. The van der Waals surface area contributed by atoms with Gasteiger partial charge in [-0.3, -0.25) is 4.18 Å². The molecule has 0 aromatic rings. The lowest BCUT2D eigenvalue weighted by atomic mass is 10.0. The first-order chi connectivity index (χ1) is 13.1. The third-order valence-electron chi connectivity index (χ3n) is 4.23. The third-order valence-corrected chi connectivity index (χ3v) is 4.68. The molecule has 28 heavy (non-hydrogen) atoms. The summed E-state index contributed by atoms with van der Waals surface area (Å²) in [5.41, 5.74) is 0. The zero-order chi connectivity index (χ0) is 21.7. The summed E-state index contributed by atoms with van der Waals surface area (Å²) in [5, 5.41) is 0. The average molecular weight is 424 g/mol. The van der Waals surface area contributed by atoms with E-state index in [4.69, 9.17) is 0 Å². The monoisotopic (exact) mass is 423 g/mol. The topological polar surface area (TPSA) is 66.4 Å². The van der Waals surface area contributed by atoms with Crippen LogP contribution in [0.25, 0.3) is 0 Å². The molecule has 0 aromatic carbocycles. The predicted octanol–water partition coefficient (Wildman–Crippen LogP) is 6.05. The Morgan fingerprint density at radius 3 is 1.11 bits per heavy atom. The lowest BCUT2D eigenvalue weighted by Gasteiger charge is -2.14. The molecule has 0 saturated heterocycles. The maximum Gasteiger partial charge on any atom is 0.217 e. The summed E-state index contributed by atoms with van der Waals surface area (Å²) in [4.78, 5) is 0. The first-order valence-corrected chi connectivity index (χ1v) is 12.8. The molecular weight excluding hydrogens is 374 g/mol. The largest absolute Gasteiger partial charge is 0.726 e. The fourth-order valence-corrected chi connectivity index (χ4v) is 3.13. The number of hydrogen-bond donors (Lipinski definition) is 0. The van der Waals surface area contributed by atoms with Gasteiger partial charge in [0.15, 0.2) is 0 Å². The van der Waals surface area contributed by atoms with Crippen LogP contribution in [-0.4, -0.2) is 52.3 Å². The molecule has 0 aliphatic rings. The number of rotatable bonds is 18. The van der Waals surface area contributed by atoms with E-state index in [-0.39, 0.29) is 6.61 Å². The molecule has 5 nitrogen and oxygen atoms in total. The molecule has 0 radical (unpaired) electrons. The third kappa shape index (κ3) is 40.5. The molecule has 0 saturated carbocycles. The fraction of sp³-hybridized carbons (Fsp3) is 1.00. The van der Waals surface area contributed by atoms with Crippen LogP contribution in [0.2, 0.25) is 0 Å². The predicted molar refractivity (Wildman–Crippen MR) is 119 cm³/mol. The van der Waals surface area contributed by atoms with Gasteiger partial charge in [-0.15, -0.1) is 0 Å². The van der Waals surface area contributed by atoms with E-state index in [9.17, 15) is 13.0 Å². The Morgan fingerprint density at radius 1 is 0.607 bits per heavy atom. The molecule has 0 amide bonds. The highest BCUT2D eigenvalue weighted by atomic mass is 32.3. The SMILES string of the molecule is CCCCCCCCCCCCCCCCCCOS(=O)(=O)[O-].C[N+](C)(C)C. The van der Waals surface area contributed by atoms with Gasteiger partial charge in [0.25, 0.3) is 0 Å².